The average Bonchev–Trinajstić information content (AvgIpc) is 2.60. The van der Waals surface area contributed by atoms with Gasteiger partial charge in [0.05, 0.1) is 0 Å². The van der Waals surface area contributed by atoms with E-state index in [2.05, 4.69) is 10.6 Å². The maximum Gasteiger partial charge on any atom is 0.313 e. The quantitative estimate of drug-likeness (QED) is 0.728. The Morgan fingerprint density at radius 3 is 1.85 bits per heavy atom. The summed E-state index contributed by atoms with van der Waals surface area (Å²) in [6.45, 7) is 4.02. The molecular weight excluding hydrogens is 324 g/mol. The first kappa shape index (κ1) is 20.5. The van der Waals surface area contributed by atoms with Crippen LogP contribution in [0.1, 0.15) is 81.8 Å². The highest BCUT2D eigenvalue weighted by Crippen LogP contribution is 2.17. The van der Waals surface area contributed by atoms with Crippen LogP contribution < -0.4 is 10.6 Å². The van der Waals surface area contributed by atoms with Crippen LogP contribution in [0.3, 0.4) is 0 Å². The second kappa shape index (κ2) is 11.0. The predicted molar refractivity (Wildman–Crippen MR) is 107 cm³/mol. The van der Waals surface area contributed by atoms with Gasteiger partial charge in [-0.1, -0.05) is 63.9 Å². The lowest BCUT2D eigenvalue weighted by Gasteiger charge is -2.19. The molecule has 1 aromatic carbocycles. The van der Waals surface area contributed by atoms with Crippen molar-refractivity contribution in [3.63, 3.8) is 0 Å². The van der Waals surface area contributed by atoms with Crippen LogP contribution in [0.4, 0.5) is 5.69 Å². The molecule has 1 aromatic rings. The van der Waals surface area contributed by atoms with Crippen LogP contribution >= 0.6 is 0 Å². The van der Waals surface area contributed by atoms with Gasteiger partial charge in [-0.2, -0.15) is 0 Å². The molecule has 26 heavy (non-hydrogen) atoms. The highest BCUT2D eigenvalue weighted by atomic mass is 16.2. The lowest BCUT2D eigenvalue weighted by atomic mass is 9.98. The van der Waals surface area contributed by atoms with Crippen LogP contribution in [0.15, 0.2) is 18.2 Å². The SMILES string of the molecule is Cc1ccc(NC(=O)C(=O)NC2CCCCCCCCCCC2)cc1C. The number of benzene rings is 1. The number of hydrogen-bond donors (Lipinski definition) is 2. The molecule has 0 radical (unpaired) electrons. The van der Waals surface area contributed by atoms with Crippen LogP contribution in [-0.4, -0.2) is 17.9 Å². The normalized spacial score (nSPS) is 17.6. The van der Waals surface area contributed by atoms with Gasteiger partial charge in [-0.15, -0.1) is 0 Å². The van der Waals surface area contributed by atoms with Gasteiger partial charge in [0.2, 0.25) is 0 Å². The van der Waals surface area contributed by atoms with E-state index in [0.29, 0.717) is 5.69 Å². The number of carbonyl (C=O) groups excluding carboxylic acids is 2. The number of carbonyl (C=O) groups is 2. The molecule has 4 heteroatoms. The summed E-state index contributed by atoms with van der Waals surface area (Å²) in [7, 11) is 0. The summed E-state index contributed by atoms with van der Waals surface area (Å²) in [4.78, 5) is 24.6. The second-order valence-electron chi connectivity index (χ2n) is 7.68. The van der Waals surface area contributed by atoms with E-state index in [-0.39, 0.29) is 6.04 Å². The zero-order valence-electron chi connectivity index (χ0n) is 16.4. The fourth-order valence-electron chi connectivity index (χ4n) is 3.57. The molecule has 144 valence electrons. The topological polar surface area (TPSA) is 58.2 Å². The molecule has 1 aliphatic carbocycles. The molecular formula is C22H34N2O2. The standard InChI is InChI=1S/C22H34N2O2/c1-17-14-15-20(16-18(17)2)24-22(26)21(25)23-19-12-10-8-6-4-3-5-7-9-11-13-19/h14-16,19H,3-13H2,1-2H3,(H,23,25)(H,24,26). The second-order valence-corrected chi connectivity index (χ2v) is 7.68. The van der Waals surface area contributed by atoms with E-state index in [1.165, 1.54) is 50.5 Å². The Morgan fingerprint density at radius 2 is 1.31 bits per heavy atom. The third-order valence-corrected chi connectivity index (χ3v) is 5.41. The summed E-state index contributed by atoms with van der Waals surface area (Å²) >= 11 is 0. The first-order chi connectivity index (χ1) is 12.6. The molecule has 2 rings (SSSR count). The number of aryl methyl sites for hydroxylation is 2. The Kier molecular flexibility index (Phi) is 8.66. The van der Waals surface area contributed by atoms with Gasteiger partial charge >= 0.3 is 11.8 Å². The molecule has 1 aliphatic rings. The fraction of sp³-hybridized carbons (Fsp3) is 0.636. The monoisotopic (exact) mass is 358 g/mol. The molecule has 0 unspecified atom stereocenters. The number of nitrogens with one attached hydrogen (secondary N) is 2. The van der Waals surface area contributed by atoms with Gasteiger partial charge in [-0.05, 0) is 49.9 Å². The predicted octanol–water partition coefficient (Wildman–Crippen LogP) is 5.03. The van der Waals surface area contributed by atoms with E-state index in [9.17, 15) is 9.59 Å². The van der Waals surface area contributed by atoms with Crippen molar-refractivity contribution >= 4 is 17.5 Å². The van der Waals surface area contributed by atoms with Crippen molar-refractivity contribution in [1.82, 2.24) is 5.32 Å². The minimum atomic E-state index is -0.570. The third-order valence-electron chi connectivity index (χ3n) is 5.41. The van der Waals surface area contributed by atoms with Crippen LogP contribution in [-0.2, 0) is 9.59 Å². The zero-order chi connectivity index (χ0) is 18.8. The Hall–Kier alpha value is -1.84. The summed E-state index contributed by atoms with van der Waals surface area (Å²) in [5.41, 5.74) is 2.94. The first-order valence-corrected chi connectivity index (χ1v) is 10.3. The number of rotatable bonds is 2. The number of hydrogen-bond acceptors (Lipinski definition) is 2. The molecule has 2 amide bonds. The van der Waals surface area contributed by atoms with E-state index in [0.717, 1.165) is 31.2 Å². The van der Waals surface area contributed by atoms with Crippen molar-refractivity contribution in [2.75, 3.05) is 5.32 Å². The molecule has 4 nitrogen and oxygen atoms in total. The van der Waals surface area contributed by atoms with Crippen molar-refractivity contribution in [3.8, 4) is 0 Å². The van der Waals surface area contributed by atoms with E-state index >= 15 is 0 Å². The lowest BCUT2D eigenvalue weighted by Crippen LogP contribution is -2.41. The van der Waals surface area contributed by atoms with Gasteiger partial charge in [-0.3, -0.25) is 9.59 Å². The molecule has 0 bridgehead atoms. The fourth-order valence-corrected chi connectivity index (χ4v) is 3.57. The Labute approximate surface area is 158 Å². The van der Waals surface area contributed by atoms with Crippen LogP contribution in [0.25, 0.3) is 0 Å². The van der Waals surface area contributed by atoms with Crippen LogP contribution in [0.2, 0.25) is 0 Å². The van der Waals surface area contributed by atoms with Crippen molar-refractivity contribution in [2.45, 2.75) is 90.5 Å². The maximum atomic E-state index is 12.3. The minimum absolute atomic E-state index is 0.118. The highest BCUT2D eigenvalue weighted by molar-refractivity contribution is 6.39. The summed E-state index contributed by atoms with van der Waals surface area (Å²) in [6, 6.07) is 5.81. The minimum Gasteiger partial charge on any atom is -0.345 e. The zero-order valence-corrected chi connectivity index (χ0v) is 16.4. The summed E-state index contributed by atoms with van der Waals surface area (Å²) in [5, 5.41) is 5.68. The summed E-state index contributed by atoms with van der Waals surface area (Å²) in [5.74, 6) is -1.08. The van der Waals surface area contributed by atoms with Crippen molar-refractivity contribution in [2.24, 2.45) is 0 Å². The van der Waals surface area contributed by atoms with Gasteiger partial charge in [-0.25, -0.2) is 0 Å². The Morgan fingerprint density at radius 1 is 0.769 bits per heavy atom. The molecule has 0 heterocycles. The molecule has 0 aliphatic heterocycles. The van der Waals surface area contributed by atoms with Crippen LogP contribution in [0, 0.1) is 13.8 Å². The van der Waals surface area contributed by atoms with Crippen LogP contribution in [0.5, 0.6) is 0 Å². The van der Waals surface area contributed by atoms with Gasteiger partial charge < -0.3 is 10.6 Å². The van der Waals surface area contributed by atoms with E-state index in [4.69, 9.17) is 0 Å². The Balaban J connectivity index is 1.85. The number of amides is 2. The molecule has 1 fully saturated rings. The van der Waals surface area contributed by atoms with Crippen molar-refractivity contribution < 1.29 is 9.59 Å². The van der Waals surface area contributed by atoms with Gasteiger partial charge in [0.1, 0.15) is 0 Å². The van der Waals surface area contributed by atoms with E-state index < -0.39 is 11.8 Å². The van der Waals surface area contributed by atoms with E-state index in [1.807, 2.05) is 32.0 Å². The highest BCUT2D eigenvalue weighted by Gasteiger charge is 2.19. The molecule has 0 spiro atoms. The molecule has 0 atom stereocenters. The molecule has 0 saturated heterocycles. The molecule has 1 saturated carbocycles. The average molecular weight is 359 g/mol. The largest absolute Gasteiger partial charge is 0.345 e. The van der Waals surface area contributed by atoms with Gasteiger partial charge in [0.25, 0.3) is 0 Å². The van der Waals surface area contributed by atoms with Gasteiger partial charge in [0, 0.05) is 11.7 Å². The molecule has 2 N–H and O–H groups in total. The van der Waals surface area contributed by atoms with Crippen molar-refractivity contribution in [3.05, 3.63) is 29.3 Å². The third kappa shape index (κ3) is 7.19. The smallest absolute Gasteiger partial charge is 0.313 e. The maximum absolute atomic E-state index is 12.3. The van der Waals surface area contributed by atoms with E-state index in [1.54, 1.807) is 0 Å². The first-order valence-electron chi connectivity index (χ1n) is 10.3. The summed E-state index contributed by atoms with van der Waals surface area (Å²) in [6.07, 6.45) is 13.2. The lowest BCUT2D eigenvalue weighted by molar-refractivity contribution is -0.136. The number of anilines is 1. The summed E-state index contributed by atoms with van der Waals surface area (Å²) < 4.78 is 0. The molecule has 0 aromatic heterocycles. The Bertz CT molecular complexity index is 586. The van der Waals surface area contributed by atoms with Gasteiger partial charge in [0.15, 0.2) is 0 Å². The van der Waals surface area contributed by atoms with Crippen molar-refractivity contribution in [1.29, 1.82) is 0 Å².